The lowest BCUT2D eigenvalue weighted by Gasteiger charge is -2.03. The summed E-state index contributed by atoms with van der Waals surface area (Å²) in [7, 11) is 0. The molecule has 12 heavy (non-hydrogen) atoms. The van der Waals surface area contributed by atoms with E-state index in [2.05, 4.69) is 15.9 Å². The number of rotatable bonds is 3. The quantitative estimate of drug-likeness (QED) is 0.808. The lowest BCUT2D eigenvalue weighted by atomic mass is 10.1. The largest absolute Gasteiger partial charge is 0.460 e. The van der Waals surface area contributed by atoms with Gasteiger partial charge in [0.05, 0.1) is 10.7 Å². The second-order valence-electron chi connectivity index (χ2n) is 2.60. The number of furan rings is 1. The molecular formula is C8H10BrNO2. The molecule has 0 saturated carbocycles. The van der Waals surface area contributed by atoms with Crippen molar-refractivity contribution in [3.63, 3.8) is 0 Å². The van der Waals surface area contributed by atoms with Gasteiger partial charge in [0, 0.05) is 12.5 Å². The summed E-state index contributed by atoms with van der Waals surface area (Å²) in [6, 6.07) is 1.69. The minimum Gasteiger partial charge on any atom is -0.460 e. The van der Waals surface area contributed by atoms with Gasteiger partial charge in [-0.2, -0.15) is 0 Å². The molecule has 66 valence electrons. The summed E-state index contributed by atoms with van der Waals surface area (Å²) in [5.74, 6) is 0.106. The van der Waals surface area contributed by atoms with Crippen LogP contribution in [0, 0.1) is 5.92 Å². The number of Topliss-reactive ketones (excluding diaryl/α,β-unsaturated/α-hetero) is 1. The maximum Gasteiger partial charge on any atom is 0.203 e. The predicted molar refractivity (Wildman–Crippen MR) is 49.0 cm³/mol. The Morgan fingerprint density at radius 2 is 2.50 bits per heavy atom. The molecule has 1 rings (SSSR count). The molecule has 2 N–H and O–H groups in total. The molecule has 0 spiro atoms. The summed E-state index contributed by atoms with van der Waals surface area (Å²) in [5.41, 5.74) is 5.35. The number of carbonyl (C=O) groups excluding carboxylic acids is 1. The van der Waals surface area contributed by atoms with Gasteiger partial charge in [0.25, 0.3) is 0 Å². The summed E-state index contributed by atoms with van der Waals surface area (Å²) in [6.45, 7) is 2.11. The molecule has 0 radical (unpaired) electrons. The molecule has 1 unspecified atom stereocenters. The van der Waals surface area contributed by atoms with Gasteiger partial charge in [-0.1, -0.05) is 6.92 Å². The zero-order valence-corrected chi connectivity index (χ0v) is 8.30. The molecule has 3 nitrogen and oxygen atoms in total. The molecule has 0 saturated heterocycles. The van der Waals surface area contributed by atoms with Gasteiger partial charge in [0.15, 0.2) is 5.76 Å². The van der Waals surface area contributed by atoms with Crippen molar-refractivity contribution in [3.8, 4) is 0 Å². The number of carbonyl (C=O) groups is 1. The molecule has 1 aromatic heterocycles. The average molecular weight is 232 g/mol. The number of nitrogens with two attached hydrogens (primary N) is 1. The van der Waals surface area contributed by atoms with Crippen LogP contribution in [0.3, 0.4) is 0 Å². The maximum atomic E-state index is 11.5. The van der Waals surface area contributed by atoms with Crippen LogP contribution in [0.15, 0.2) is 21.2 Å². The third kappa shape index (κ3) is 1.76. The summed E-state index contributed by atoms with van der Waals surface area (Å²) in [4.78, 5) is 11.5. The Kier molecular flexibility index (Phi) is 3.05. The molecule has 1 heterocycles. The number of hydrogen-bond donors (Lipinski definition) is 1. The Morgan fingerprint density at radius 1 is 1.83 bits per heavy atom. The molecule has 0 aromatic carbocycles. The Morgan fingerprint density at radius 3 is 2.92 bits per heavy atom. The van der Waals surface area contributed by atoms with Crippen LogP contribution in [0.2, 0.25) is 0 Å². The van der Waals surface area contributed by atoms with Crippen molar-refractivity contribution in [2.24, 2.45) is 11.7 Å². The fourth-order valence-corrected chi connectivity index (χ4v) is 1.20. The molecule has 1 aromatic rings. The summed E-state index contributed by atoms with van der Waals surface area (Å²) < 4.78 is 5.68. The highest BCUT2D eigenvalue weighted by atomic mass is 79.9. The Hall–Kier alpha value is -0.610. The van der Waals surface area contributed by atoms with E-state index < -0.39 is 0 Å². The van der Waals surface area contributed by atoms with Crippen molar-refractivity contribution in [3.05, 3.63) is 22.6 Å². The van der Waals surface area contributed by atoms with Crippen molar-refractivity contribution in [1.82, 2.24) is 0 Å². The molecule has 0 fully saturated rings. The van der Waals surface area contributed by atoms with Crippen molar-refractivity contribution in [1.29, 1.82) is 0 Å². The van der Waals surface area contributed by atoms with Gasteiger partial charge >= 0.3 is 0 Å². The molecule has 0 amide bonds. The first kappa shape index (κ1) is 9.48. The molecule has 0 bridgehead atoms. The third-order valence-electron chi connectivity index (χ3n) is 1.64. The van der Waals surface area contributed by atoms with Gasteiger partial charge in [-0.15, -0.1) is 0 Å². The Bertz CT molecular complexity index is 282. The topological polar surface area (TPSA) is 56.2 Å². The van der Waals surface area contributed by atoms with E-state index >= 15 is 0 Å². The van der Waals surface area contributed by atoms with Gasteiger partial charge in [0.1, 0.15) is 0 Å². The van der Waals surface area contributed by atoms with Crippen LogP contribution in [-0.4, -0.2) is 12.3 Å². The highest BCUT2D eigenvalue weighted by molar-refractivity contribution is 9.10. The van der Waals surface area contributed by atoms with Gasteiger partial charge in [-0.3, -0.25) is 4.79 Å². The molecular weight excluding hydrogens is 222 g/mol. The number of ketones is 1. The van der Waals surface area contributed by atoms with Crippen molar-refractivity contribution in [2.75, 3.05) is 6.54 Å². The minimum absolute atomic E-state index is 0.0608. The first-order valence-electron chi connectivity index (χ1n) is 3.64. The van der Waals surface area contributed by atoms with Crippen LogP contribution in [0.5, 0.6) is 0 Å². The fourth-order valence-electron chi connectivity index (χ4n) is 0.800. The van der Waals surface area contributed by atoms with Crippen LogP contribution >= 0.6 is 15.9 Å². The fraction of sp³-hybridized carbons (Fsp3) is 0.375. The Labute approximate surface area is 79.1 Å². The lowest BCUT2D eigenvalue weighted by Crippen LogP contribution is -2.20. The standard InChI is InChI=1S/C8H10BrNO2/c1-5(4-10)7(11)8-6(9)2-3-12-8/h2-3,5H,4,10H2,1H3. The zero-order valence-electron chi connectivity index (χ0n) is 6.71. The summed E-state index contributed by atoms with van der Waals surface area (Å²) in [6.07, 6.45) is 1.47. The zero-order chi connectivity index (χ0) is 9.14. The van der Waals surface area contributed by atoms with E-state index in [1.165, 1.54) is 6.26 Å². The van der Waals surface area contributed by atoms with Gasteiger partial charge < -0.3 is 10.2 Å². The highest BCUT2D eigenvalue weighted by Crippen LogP contribution is 2.20. The SMILES string of the molecule is CC(CN)C(=O)c1occc1Br. The van der Waals surface area contributed by atoms with E-state index in [0.717, 1.165) is 0 Å². The van der Waals surface area contributed by atoms with Crippen molar-refractivity contribution < 1.29 is 9.21 Å². The number of hydrogen-bond acceptors (Lipinski definition) is 3. The molecule has 0 aliphatic carbocycles. The summed E-state index contributed by atoms with van der Waals surface area (Å²) in [5, 5.41) is 0. The van der Waals surface area contributed by atoms with E-state index in [0.29, 0.717) is 16.8 Å². The molecule has 1 atom stereocenters. The van der Waals surface area contributed by atoms with Gasteiger partial charge in [-0.25, -0.2) is 0 Å². The second kappa shape index (κ2) is 3.87. The van der Waals surface area contributed by atoms with Crippen LogP contribution in [0.1, 0.15) is 17.5 Å². The second-order valence-corrected chi connectivity index (χ2v) is 3.45. The van der Waals surface area contributed by atoms with Gasteiger partial charge in [0.2, 0.25) is 5.78 Å². The first-order valence-corrected chi connectivity index (χ1v) is 4.43. The van der Waals surface area contributed by atoms with E-state index in [4.69, 9.17) is 10.2 Å². The lowest BCUT2D eigenvalue weighted by molar-refractivity contribution is 0.0905. The van der Waals surface area contributed by atoms with Crippen LogP contribution in [0.25, 0.3) is 0 Å². The smallest absolute Gasteiger partial charge is 0.203 e. The van der Waals surface area contributed by atoms with Crippen LogP contribution in [0.4, 0.5) is 0 Å². The first-order chi connectivity index (χ1) is 5.66. The van der Waals surface area contributed by atoms with Crippen molar-refractivity contribution >= 4 is 21.7 Å². The average Bonchev–Trinajstić information content (AvgIpc) is 2.48. The van der Waals surface area contributed by atoms with Crippen LogP contribution in [-0.2, 0) is 0 Å². The van der Waals surface area contributed by atoms with E-state index in [-0.39, 0.29) is 11.7 Å². The van der Waals surface area contributed by atoms with Crippen LogP contribution < -0.4 is 5.73 Å². The minimum atomic E-state index is -0.188. The predicted octanol–water partition coefficient (Wildman–Crippen LogP) is 1.82. The van der Waals surface area contributed by atoms with E-state index in [1.54, 1.807) is 13.0 Å². The third-order valence-corrected chi connectivity index (χ3v) is 2.27. The highest BCUT2D eigenvalue weighted by Gasteiger charge is 2.18. The normalized spacial score (nSPS) is 12.9. The molecule has 0 aliphatic rings. The monoisotopic (exact) mass is 231 g/mol. The van der Waals surface area contributed by atoms with E-state index in [1.807, 2.05) is 0 Å². The maximum absolute atomic E-state index is 11.5. The van der Waals surface area contributed by atoms with E-state index in [9.17, 15) is 4.79 Å². The van der Waals surface area contributed by atoms with Gasteiger partial charge in [-0.05, 0) is 22.0 Å². The molecule has 0 aliphatic heterocycles. The number of halogens is 1. The molecule has 4 heteroatoms. The van der Waals surface area contributed by atoms with Crippen molar-refractivity contribution in [2.45, 2.75) is 6.92 Å². The Balaban J connectivity index is 2.85. The summed E-state index contributed by atoms with van der Waals surface area (Å²) >= 11 is 3.21.